The van der Waals surface area contributed by atoms with Crippen molar-refractivity contribution < 1.29 is 0 Å². The summed E-state index contributed by atoms with van der Waals surface area (Å²) in [5, 5.41) is 3.44. The molecule has 0 fully saturated rings. The molecule has 4 nitrogen and oxygen atoms in total. The molecule has 0 aliphatic carbocycles. The Bertz CT molecular complexity index is 496. The Kier molecular flexibility index (Phi) is 3.77. The normalized spacial score (nSPS) is 11.9. The van der Waals surface area contributed by atoms with Crippen molar-refractivity contribution in [2.45, 2.75) is 13.0 Å². The molecule has 4 heteroatoms. The van der Waals surface area contributed by atoms with Crippen molar-refractivity contribution in [1.82, 2.24) is 9.97 Å². The SMILES string of the molecule is CC(Nc1cnccc1N(C)C)c1ccccn1. The van der Waals surface area contributed by atoms with Crippen LogP contribution in [0, 0.1) is 0 Å². The third-order valence-corrected chi connectivity index (χ3v) is 2.78. The summed E-state index contributed by atoms with van der Waals surface area (Å²) in [6.07, 6.45) is 5.45. The van der Waals surface area contributed by atoms with Gasteiger partial charge in [-0.15, -0.1) is 0 Å². The summed E-state index contributed by atoms with van der Waals surface area (Å²) in [7, 11) is 4.04. The molecule has 18 heavy (non-hydrogen) atoms. The number of aromatic nitrogens is 2. The van der Waals surface area contributed by atoms with E-state index in [0.717, 1.165) is 17.1 Å². The standard InChI is InChI=1S/C14H18N4/c1-11(12-6-4-5-8-16-12)17-13-10-15-9-7-14(13)18(2)3/h4-11,17H,1-3H3. The predicted octanol–water partition coefficient (Wildman–Crippen LogP) is 2.72. The molecule has 0 bridgehead atoms. The zero-order valence-corrected chi connectivity index (χ0v) is 11.0. The summed E-state index contributed by atoms with van der Waals surface area (Å²) >= 11 is 0. The Morgan fingerprint density at radius 1 is 1.17 bits per heavy atom. The van der Waals surface area contributed by atoms with Crippen LogP contribution in [-0.2, 0) is 0 Å². The molecule has 2 heterocycles. The van der Waals surface area contributed by atoms with Gasteiger partial charge in [0.1, 0.15) is 0 Å². The zero-order valence-electron chi connectivity index (χ0n) is 11.0. The largest absolute Gasteiger partial charge is 0.376 e. The van der Waals surface area contributed by atoms with E-state index in [1.165, 1.54) is 0 Å². The lowest BCUT2D eigenvalue weighted by molar-refractivity contribution is 0.837. The smallest absolute Gasteiger partial charge is 0.0769 e. The van der Waals surface area contributed by atoms with Crippen LogP contribution in [0.2, 0.25) is 0 Å². The molecule has 94 valence electrons. The van der Waals surface area contributed by atoms with E-state index in [0.29, 0.717) is 0 Å². The first-order valence-electron chi connectivity index (χ1n) is 5.97. The highest BCUT2D eigenvalue weighted by Gasteiger charge is 2.10. The topological polar surface area (TPSA) is 41.1 Å². The molecule has 1 unspecified atom stereocenters. The minimum atomic E-state index is 0.147. The summed E-state index contributed by atoms with van der Waals surface area (Å²) in [5.74, 6) is 0. The minimum absolute atomic E-state index is 0.147. The van der Waals surface area contributed by atoms with Gasteiger partial charge in [0.2, 0.25) is 0 Å². The molecule has 0 spiro atoms. The van der Waals surface area contributed by atoms with Crippen LogP contribution in [0.3, 0.4) is 0 Å². The van der Waals surface area contributed by atoms with Gasteiger partial charge in [-0.1, -0.05) is 6.07 Å². The Balaban J connectivity index is 2.19. The number of anilines is 2. The molecule has 1 atom stereocenters. The highest BCUT2D eigenvalue weighted by Crippen LogP contribution is 2.26. The summed E-state index contributed by atoms with van der Waals surface area (Å²) in [6, 6.07) is 8.08. The van der Waals surface area contributed by atoms with Crippen LogP contribution >= 0.6 is 0 Å². The molecule has 1 N–H and O–H groups in total. The number of pyridine rings is 2. The molecule has 0 radical (unpaired) electrons. The highest BCUT2D eigenvalue weighted by molar-refractivity contribution is 5.68. The van der Waals surface area contributed by atoms with Gasteiger partial charge in [0.15, 0.2) is 0 Å². The Morgan fingerprint density at radius 2 is 2.00 bits per heavy atom. The Labute approximate surface area is 108 Å². The van der Waals surface area contributed by atoms with Crippen molar-refractivity contribution in [2.24, 2.45) is 0 Å². The fraction of sp³-hybridized carbons (Fsp3) is 0.286. The maximum absolute atomic E-state index is 4.35. The number of hydrogen-bond donors (Lipinski definition) is 1. The molecule has 0 amide bonds. The van der Waals surface area contributed by atoms with Crippen molar-refractivity contribution in [3.05, 3.63) is 48.5 Å². The molecular weight excluding hydrogens is 224 g/mol. The van der Waals surface area contributed by atoms with Crippen LogP contribution in [0.15, 0.2) is 42.9 Å². The van der Waals surface area contributed by atoms with Gasteiger partial charge in [-0.25, -0.2) is 0 Å². The van der Waals surface area contributed by atoms with E-state index in [-0.39, 0.29) is 6.04 Å². The maximum Gasteiger partial charge on any atom is 0.0769 e. The molecule has 2 aromatic heterocycles. The van der Waals surface area contributed by atoms with Crippen LogP contribution in [-0.4, -0.2) is 24.1 Å². The van der Waals surface area contributed by atoms with Gasteiger partial charge >= 0.3 is 0 Å². The summed E-state index contributed by atoms with van der Waals surface area (Å²) in [4.78, 5) is 10.6. The third kappa shape index (κ3) is 2.77. The second kappa shape index (κ2) is 5.49. The van der Waals surface area contributed by atoms with Crippen molar-refractivity contribution in [1.29, 1.82) is 0 Å². The van der Waals surface area contributed by atoms with Crippen molar-refractivity contribution in [3.63, 3.8) is 0 Å². The minimum Gasteiger partial charge on any atom is -0.376 e. The molecule has 0 aliphatic rings. The summed E-state index contributed by atoms with van der Waals surface area (Å²) in [6.45, 7) is 2.09. The first-order valence-corrected chi connectivity index (χ1v) is 5.97. The average Bonchev–Trinajstić information content (AvgIpc) is 2.40. The van der Waals surface area contributed by atoms with Crippen LogP contribution < -0.4 is 10.2 Å². The fourth-order valence-corrected chi connectivity index (χ4v) is 1.83. The Morgan fingerprint density at radius 3 is 2.67 bits per heavy atom. The predicted molar refractivity (Wildman–Crippen MR) is 74.8 cm³/mol. The third-order valence-electron chi connectivity index (χ3n) is 2.78. The number of hydrogen-bond acceptors (Lipinski definition) is 4. The van der Waals surface area contributed by atoms with Crippen LogP contribution in [0.25, 0.3) is 0 Å². The lowest BCUT2D eigenvalue weighted by Gasteiger charge is -2.21. The van der Waals surface area contributed by atoms with E-state index >= 15 is 0 Å². The molecule has 2 rings (SSSR count). The van der Waals surface area contributed by atoms with Gasteiger partial charge in [-0.3, -0.25) is 9.97 Å². The summed E-state index contributed by atoms with van der Waals surface area (Å²) in [5.41, 5.74) is 3.15. The molecule has 2 aromatic rings. The van der Waals surface area contributed by atoms with E-state index in [1.807, 2.05) is 50.8 Å². The summed E-state index contributed by atoms with van der Waals surface area (Å²) < 4.78 is 0. The van der Waals surface area contributed by atoms with Gasteiger partial charge in [0.05, 0.1) is 29.3 Å². The van der Waals surface area contributed by atoms with Crippen LogP contribution in [0.5, 0.6) is 0 Å². The van der Waals surface area contributed by atoms with Gasteiger partial charge in [0, 0.05) is 26.5 Å². The van der Waals surface area contributed by atoms with Crippen LogP contribution in [0.1, 0.15) is 18.7 Å². The van der Waals surface area contributed by atoms with Gasteiger partial charge in [0.25, 0.3) is 0 Å². The van der Waals surface area contributed by atoms with Crippen LogP contribution in [0.4, 0.5) is 11.4 Å². The molecular formula is C14H18N4. The molecule has 0 aromatic carbocycles. The quantitative estimate of drug-likeness (QED) is 0.895. The van der Waals surface area contributed by atoms with Gasteiger partial charge in [-0.2, -0.15) is 0 Å². The molecule has 0 saturated carbocycles. The number of nitrogens with one attached hydrogen (secondary N) is 1. The second-order valence-corrected chi connectivity index (χ2v) is 4.41. The molecule has 0 aliphatic heterocycles. The van der Waals surface area contributed by atoms with E-state index < -0.39 is 0 Å². The van der Waals surface area contributed by atoms with Crippen molar-refractivity contribution in [3.8, 4) is 0 Å². The average molecular weight is 242 g/mol. The first kappa shape index (κ1) is 12.4. The van der Waals surface area contributed by atoms with E-state index in [9.17, 15) is 0 Å². The number of nitrogens with zero attached hydrogens (tertiary/aromatic N) is 3. The lowest BCUT2D eigenvalue weighted by Crippen LogP contribution is -2.14. The number of rotatable bonds is 4. The van der Waals surface area contributed by atoms with E-state index in [4.69, 9.17) is 0 Å². The molecule has 0 saturated heterocycles. The van der Waals surface area contributed by atoms with Gasteiger partial charge in [-0.05, 0) is 25.1 Å². The second-order valence-electron chi connectivity index (χ2n) is 4.41. The Hall–Kier alpha value is -2.10. The van der Waals surface area contributed by atoms with Crippen molar-refractivity contribution in [2.75, 3.05) is 24.3 Å². The fourth-order valence-electron chi connectivity index (χ4n) is 1.83. The van der Waals surface area contributed by atoms with E-state index in [1.54, 1.807) is 6.20 Å². The monoisotopic (exact) mass is 242 g/mol. The maximum atomic E-state index is 4.35. The highest BCUT2D eigenvalue weighted by atomic mass is 15.1. The van der Waals surface area contributed by atoms with Gasteiger partial charge < -0.3 is 10.2 Å². The first-order chi connectivity index (χ1) is 8.68. The van der Waals surface area contributed by atoms with Crippen molar-refractivity contribution >= 4 is 11.4 Å². The lowest BCUT2D eigenvalue weighted by atomic mass is 10.2. The van der Waals surface area contributed by atoms with E-state index in [2.05, 4.69) is 27.1 Å². The zero-order chi connectivity index (χ0) is 13.0.